The van der Waals surface area contributed by atoms with E-state index in [-0.39, 0.29) is 0 Å². The number of para-hydroxylation sites is 3. The fourth-order valence-corrected chi connectivity index (χ4v) is 10.8. The quantitative estimate of drug-likeness (QED) is 0.179. The number of nitrogens with zero attached hydrogens (tertiary/aromatic N) is 1. The monoisotopic (exact) mass is 731 g/mol. The largest absolute Gasteiger partial charge is 0.454 e. The molecular weight excluding hydrogens is 699 g/mol. The molecule has 1 aromatic heterocycles. The molecule has 262 valence electrons. The van der Waals surface area contributed by atoms with Crippen LogP contribution in [-0.2, 0) is 5.41 Å². The van der Waals surface area contributed by atoms with Crippen molar-refractivity contribution in [1.82, 2.24) is 0 Å². The maximum absolute atomic E-state index is 6.59. The number of rotatable bonds is 4. The number of anilines is 3. The Balaban J connectivity index is 1.08. The van der Waals surface area contributed by atoms with Crippen molar-refractivity contribution in [2.75, 3.05) is 4.90 Å². The van der Waals surface area contributed by atoms with Gasteiger partial charge in [-0.2, -0.15) is 0 Å². The predicted octanol–water partition coefficient (Wildman–Crippen LogP) is 14.7. The summed E-state index contributed by atoms with van der Waals surface area (Å²) < 4.78 is 6.59. The fourth-order valence-electron chi connectivity index (χ4n) is 9.59. The molecule has 2 heterocycles. The summed E-state index contributed by atoms with van der Waals surface area (Å²) in [7, 11) is 0. The van der Waals surface area contributed by atoms with Gasteiger partial charge in [0, 0.05) is 31.9 Å². The lowest BCUT2D eigenvalue weighted by molar-refractivity contribution is 0.669. The molecule has 0 saturated heterocycles. The highest BCUT2D eigenvalue weighted by atomic mass is 32.2. The van der Waals surface area contributed by atoms with E-state index in [1.54, 1.807) is 0 Å². The van der Waals surface area contributed by atoms with E-state index in [0.717, 1.165) is 39.0 Å². The lowest BCUT2D eigenvalue weighted by Gasteiger charge is -2.41. The van der Waals surface area contributed by atoms with Crippen molar-refractivity contribution in [1.29, 1.82) is 0 Å². The summed E-state index contributed by atoms with van der Waals surface area (Å²) in [5.41, 5.74) is 14.9. The Labute approximate surface area is 329 Å². The molecule has 1 aliphatic carbocycles. The number of fused-ring (bicyclic) bond motifs is 13. The Morgan fingerprint density at radius 2 is 1.04 bits per heavy atom. The van der Waals surface area contributed by atoms with Crippen LogP contribution in [-0.4, -0.2) is 0 Å². The summed E-state index contributed by atoms with van der Waals surface area (Å²) >= 11 is 1.90. The lowest BCUT2D eigenvalue weighted by Crippen LogP contribution is -2.32. The molecule has 0 saturated carbocycles. The van der Waals surface area contributed by atoms with Gasteiger partial charge in [-0.05, 0) is 110 Å². The normalized spacial score (nSPS) is 13.4. The van der Waals surface area contributed by atoms with Crippen LogP contribution in [0, 0.1) is 0 Å². The van der Waals surface area contributed by atoms with Crippen LogP contribution in [0.5, 0.6) is 0 Å². The molecule has 56 heavy (non-hydrogen) atoms. The molecule has 0 fully saturated rings. The third-order valence-corrected chi connectivity index (χ3v) is 13.0. The minimum absolute atomic E-state index is 0.491. The first kappa shape index (κ1) is 31.5. The summed E-state index contributed by atoms with van der Waals surface area (Å²) in [5, 5.41) is 4.77. The standard InChI is InChI=1S/C53H33NOS/c1-2-16-37(17-3-1)54(47-25-12-22-43-42-20-8-11-26-48(42)55-52(43)47)38-30-28-34(29-31-38)39-21-13-27-49-51(39)53(46-32-35-14-4-5-15-36(35)33-50(46)56-49)44-23-9-6-18-40(44)41-19-7-10-24-45(41)53/h1-33H. The SMILES string of the molecule is c1ccc(N(c2ccc(-c3cccc4c3C3(c5cc6ccccc6cc5S4)c4ccccc4-c4ccccc43)cc2)c2cccc3c2oc2ccccc23)cc1. The van der Waals surface area contributed by atoms with E-state index in [2.05, 4.69) is 193 Å². The molecule has 0 radical (unpaired) electrons. The van der Waals surface area contributed by atoms with Crippen LogP contribution in [0.2, 0.25) is 0 Å². The van der Waals surface area contributed by atoms with E-state index < -0.39 is 5.41 Å². The zero-order chi connectivity index (χ0) is 36.8. The maximum Gasteiger partial charge on any atom is 0.159 e. The zero-order valence-corrected chi connectivity index (χ0v) is 31.1. The van der Waals surface area contributed by atoms with Crippen LogP contribution in [0.3, 0.4) is 0 Å². The highest BCUT2D eigenvalue weighted by Crippen LogP contribution is 2.64. The average Bonchev–Trinajstić information content (AvgIpc) is 3.78. The summed E-state index contributed by atoms with van der Waals surface area (Å²) in [6, 6.07) is 73.2. The summed E-state index contributed by atoms with van der Waals surface area (Å²) in [5.74, 6) is 0. The number of furan rings is 1. The molecule has 0 bridgehead atoms. The number of hydrogen-bond acceptors (Lipinski definition) is 3. The fraction of sp³-hybridized carbons (Fsp3) is 0.0189. The number of benzene rings is 9. The third-order valence-electron chi connectivity index (χ3n) is 11.9. The van der Waals surface area contributed by atoms with Crippen LogP contribution in [0.1, 0.15) is 22.3 Å². The van der Waals surface area contributed by atoms with Gasteiger partial charge in [0.25, 0.3) is 0 Å². The van der Waals surface area contributed by atoms with E-state index >= 15 is 0 Å². The van der Waals surface area contributed by atoms with Crippen LogP contribution < -0.4 is 4.90 Å². The highest BCUT2D eigenvalue weighted by Gasteiger charge is 2.51. The summed E-state index contributed by atoms with van der Waals surface area (Å²) in [6.45, 7) is 0. The molecule has 0 amide bonds. The minimum Gasteiger partial charge on any atom is -0.454 e. The molecule has 9 aromatic carbocycles. The molecule has 0 N–H and O–H groups in total. The molecule has 0 atom stereocenters. The topological polar surface area (TPSA) is 16.4 Å². The predicted molar refractivity (Wildman–Crippen MR) is 233 cm³/mol. The van der Waals surface area contributed by atoms with Gasteiger partial charge >= 0.3 is 0 Å². The first-order valence-electron chi connectivity index (χ1n) is 19.2. The molecule has 0 unspecified atom stereocenters. The minimum atomic E-state index is -0.491. The molecule has 2 aliphatic rings. The summed E-state index contributed by atoms with van der Waals surface area (Å²) in [6.07, 6.45) is 0. The summed E-state index contributed by atoms with van der Waals surface area (Å²) in [4.78, 5) is 4.92. The van der Waals surface area contributed by atoms with Crippen molar-refractivity contribution < 1.29 is 4.42 Å². The third kappa shape index (κ3) is 4.40. The second-order valence-electron chi connectivity index (χ2n) is 14.8. The molecule has 1 aliphatic heterocycles. The van der Waals surface area contributed by atoms with Crippen LogP contribution >= 0.6 is 11.8 Å². The molecule has 12 rings (SSSR count). The lowest BCUT2D eigenvalue weighted by atomic mass is 9.65. The van der Waals surface area contributed by atoms with Gasteiger partial charge in [-0.15, -0.1) is 0 Å². The Bertz CT molecular complexity index is 3130. The van der Waals surface area contributed by atoms with Crippen molar-refractivity contribution in [2.24, 2.45) is 0 Å². The first-order valence-corrected chi connectivity index (χ1v) is 20.0. The van der Waals surface area contributed by atoms with E-state index in [1.807, 2.05) is 23.9 Å². The van der Waals surface area contributed by atoms with Gasteiger partial charge in [0.2, 0.25) is 0 Å². The van der Waals surface area contributed by atoms with Crippen molar-refractivity contribution >= 4 is 61.5 Å². The zero-order valence-electron chi connectivity index (χ0n) is 30.3. The van der Waals surface area contributed by atoms with E-state index in [4.69, 9.17) is 4.42 Å². The Morgan fingerprint density at radius 3 is 1.82 bits per heavy atom. The van der Waals surface area contributed by atoms with E-state index in [9.17, 15) is 0 Å². The van der Waals surface area contributed by atoms with Crippen LogP contribution in [0.4, 0.5) is 17.1 Å². The van der Waals surface area contributed by atoms with Crippen molar-refractivity contribution in [2.45, 2.75) is 15.2 Å². The average molecular weight is 732 g/mol. The van der Waals surface area contributed by atoms with Crippen LogP contribution in [0.25, 0.3) is 55.0 Å². The second kappa shape index (κ2) is 12.1. The smallest absolute Gasteiger partial charge is 0.159 e. The van der Waals surface area contributed by atoms with Crippen molar-refractivity contribution in [3.05, 3.63) is 222 Å². The van der Waals surface area contributed by atoms with Gasteiger partial charge in [-0.25, -0.2) is 0 Å². The Morgan fingerprint density at radius 1 is 0.429 bits per heavy atom. The van der Waals surface area contributed by atoms with Gasteiger partial charge in [0.1, 0.15) is 5.58 Å². The highest BCUT2D eigenvalue weighted by molar-refractivity contribution is 7.99. The molecule has 1 spiro atoms. The van der Waals surface area contributed by atoms with E-state index in [0.29, 0.717) is 0 Å². The van der Waals surface area contributed by atoms with Crippen molar-refractivity contribution in [3.63, 3.8) is 0 Å². The van der Waals surface area contributed by atoms with E-state index in [1.165, 1.54) is 65.1 Å². The molecule has 10 aromatic rings. The van der Waals surface area contributed by atoms with Crippen molar-refractivity contribution in [3.8, 4) is 22.3 Å². The molecule has 2 nitrogen and oxygen atoms in total. The van der Waals surface area contributed by atoms with Gasteiger partial charge in [-0.1, -0.05) is 157 Å². The van der Waals surface area contributed by atoms with Crippen LogP contribution in [0.15, 0.2) is 214 Å². The van der Waals surface area contributed by atoms with Gasteiger partial charge < -0.3 is 9.32 Å². The van der Waals surface area contributed by atoms with Gasteiger partial charge in [0.15, 0.2) is 5.58 Å². The molecular formula is C53H33NOS. The Hall–Kier alpha value is -6.81. The Kier molecular flexibility index (Phi) is 6.81. The molecule has 3 heteroatoms. The van der Waals surface area contributed by atoms with Gasteiger partial charge in [-0.3, -0.25) is 0 Å². The first-order chi connectivity index (χ1) is 27.8. The maximum atomic E-state index is 6.59. The van der Waals surface area contributed by atoms with Gasteiger partial charge in [0.05, 0.1) is 11.1 Å². The number of hydrogen-bond donors (Lipinski definition) is 0. The second-order valence-corrected chi connectivity index (χ2v) is 15.9.